The molecule has 0 saturated carbocycles. The van der Waals surface area contributed by atoms with E-state index in [0.29, 0.717) is 17.3 Å². The molecule has 1 aromatic heterocycles. The maximum Gasteiger partial charge on any atom is 0.244 e. The van der Waals surface area contributed by atoms with Crippen molar-refractivity contribution in [3.05, 3.63) is 82.1 Å². The van der Waals surface area contributed by atoms with Gasteiger partial charge in [0.2, 0.25) is 5.91 Å². The molecule has 1 heterocycles. The number of hydrogen-bond acceptors (Lipinski definition) is 4. The largest absolute Gasteiger partial charge is 0.496 e. The van der Waals surface area contributed by atoms with Crippen LogP contribution < -0.4 is 14.8 Å². The van der Waals surface area contributed by atoms with Crippen LogP contribution in [0, 0.1) is 6.92 Å². The third-order valence-electron chi connectivity index (χ3n) is 4.69. The van der Waals surface area contributed by atoms with Crippen molar-refractivity contribution in [2.75, 3.05) is 7.11 Å². The summed E-state index contributed by atoms with van der Waals surface area (Å²) in [5, 5.41) is 7.66. The van der Waals surface area contributed by atoms with E-state index in [-0.39, 0.29) is 12.5 Å². The van der Waals surface area contributed by atoms with Gasteiger partial charge in [-0.2, -0.15) is 5.10 Å². The van der Waals surface area contributed by atoms with Crippen molar-refractivity contribution in [3.63, 3.8) is 0 Å². The molecule has 0 atom stereocenters. The van der Waals surface area contributed by atoms with E-state index in [2.05, 4.69) is 10.4 Å². The second-order valence-electron chi connectivity index (χ2n) is 7.00. The summed E-state index contributed by atoms with van der Waals surface area (Å²) in [6.45, 7) is 5.36. The summed E-state index contributed by atoms with van der Waals surface area (Å²) >= 11 is 6.13. The number of amides is 1. The van der Waals surface area contributed by atoms with E-state index in [1.165, 1.54) is 11.6 Å². The molecule has 7 heteroatoms. The summed E-state index contributed by atoms with van der Waals surface area (Å²) in [6.07, 6.45) is 4.98. The van der Waals surface area contributed by atoms with Crippen molar-refractivity contribution < 1.29 is 14.3 Å². The molecule has 162 valence electrons. The van der Waals surface area contributed by atoms with Gasteiger partial charge in [0.25, 0.3) is 0 Å². The lowest BCUT2D eigenvalue weighted by Gasteiger charge is -2.11. The molecule has 0 aliphatic heterocycles. The zero-order chi connectivity index (χ0) is 22.2. The number of halogens is 1. The minimum absolute atomic E-state index is 0.226. The molecule has 0 aliphatic rings. The van der Waals surface area contributed by atoms with Crippen LogP contribution in [0.2, 0.25) is 5.02 Å². The van der Waals surface area contributed by atoms with Gasteiger partial charge in [-0.1, -0.05) is 35.4 Å². The third-order valence-corrected chi connectivity index (χ3v) is 5.00. The highest BCUT2D eigenvalue weighted by Crippen LogP contribution is 2.23. The quantitative estimate of drug-likeness (QED) is 0.487. The van der Waals surface area contributed by atoms with E-state index >= 15 is 0 Å². The Labute approximate surface area is 187 Å². The second kappa shape index (κ2) is 10.7. The summed E-state index contributed by atoms with van der Waals surface area (Å²) in [4.78, 5) is 12.2. The topological polar surface area (TPSA) is 65.4 Å². The van der Waals surface area contributed by atoms with Gasteiger partial charge in [-0.05, 0) is 49.8 Å². The van der Waals surface area contributed by atoms with Gasteiger partial charge in [0.15, 0.2) is 0 Å². The van der Waals surface area contributed by atoms with Gasteiger partial charge in [0.05, 0.1) is 18.7 Å². The van der Waals surface area contributed by atoms with E-state index in [9.17, 15) is 4.79 Å². The van der Waals surface area contributed by atoms with Crippen molar-refractivity contribution >= 4 is 23.6 Å². The third kappa shape index (κ3) is 6.36. The predicted octanol–water partition coefficient (Wildman–Crippen LogP) is 4.78. The molecule has 1 amide bonds. The number of benzene rings is 2. The normalized spacial score (nSPS) is 11.0. The van der Waals surface area contributed by atoms with Crippen LogP contribution in [0.25, 0.3) is 6.08 Å². The maximum absolute atomic E-state index is 12.2. The van der Waals surface area contributed by atoms with E-state index in [0.717, 1.165) is 29.2 Å². The monoisotopic (exact) mass is 439 g/mol. The Morgan fingerprint density at radius 3 is 2.68 bits per heavy atom. The van der Waals surface area contributed by atoms with Crippen molar-refractivity contribution in [1.82, 2.24) is 15.1 Å². The van der Waals surface area contributed by atoms with Crippen LogP contribution in [0.1, 0.15) is 29.3 Å². The number of hydrogen-bond donors (Lipinski definition) is 1. The molecule has 31 heavy (non-hydrogen) atoms. The number of aromatic nitrogens is 2. The summed E-state index contributed by atoms with van der Waals surface area (Å²) < 4.78 is 13.0. The Morgan fingerprint density at radius 1 is 1.23 bits per heavy atom. The molecule has 0 unspecified atom stereocenters. The lowest BCUT2D eigenvalue weighted by molar-refractivity contribution is -0.116. The molecule has 6 nitrogen and oxygen atoms in total. The minimum Gasteiger partial charge on any atom is -0.496 e. The Bertz CT molecular complexity index is 1060. The Morgan fingerprint density at radius 2 is 2.00 bits per heavy atom. The average Bonchev–Trinajstić information content (AvgIpc) is 3.15. The molecule has 3 rings (SSSR count). The van der Waals surface area contributed by atoms with E-state index < -0.39 is 0 Å². The molecule has 1 N–H and O–H groups in total. The van der Waals surface area contributed by atoms with Crippen LogP contribution in [0.4, 0.5) is 0 Å². The van der Waals surface area contributed by atoms with Crippen LogP contribution in [0.3, 0.4) is 0 Å². The fraction of sp³-hybridized carbons (Fsp3) is 0.250. The number of methoxy groups -OCH3 is 1. The maximum atomic E-state index is 12.2. The van der Waals surface area contributed by atoms with Crippen molar-refractivity contribution in [2.24, 2.45) is 0 Å². The van der Waals surface area contributed by atoms with Crippen molar-refractivity contribution in [3.8, 4) is 11.5 Å². The van der Waals surface area contributed by atoms with E-state index in [4.69, 9.17) is 21.1 Å². The van der Waals surface area contributed by atoms with Gasteiger partial charge >= 0.3 is 0 Å². The zero-order valence-electron chi connectivity index (χ0n) is 17.9. The SMILES string of the molecule is CCn1cc(Cl)c(CNC(=O)/C=C/c2ccc(OC)c(COc3ccc(C)cc3)c2)n1. The van der Waals surface area contributed by atoms with Crippen LogP contribution in [0.15, 0.2) is 54.7 Å². The first kappa shape index (κ1) is 22.4. The average molecular weight is 440 g/mol. The van der Waals surface area contributed by atoms with Crippen molar-refractivity contribution in [2.45, 2.75) is 33.5 Å². The molecule has 0 radical (unpaired) electrons. The molecule has 0 spiro atoms. The van der Waals surface area contributed by atoms with Gasteiger partial charge < -0.3 is 14.8 Å². The van der Waals surface area contributed by atoms with Gasteiger partial charge in [-0.15, -0.1) is 0 Å². The molecular weight excluding hydrogens is 414 g/mol. The summed E-state index contributed by atoms with van der Waals surface area (Å²) in [7, 11) is 1.62. The number of nitrogens with one attached hydrogen (secondary N) is 1. The number of rotatable bonds is 9. The Hall–Kier alpha value is -3.25. The Balaban J connectivity index is 1.61. The molecule has 2 aromatic carbocycles. The molecule has 0 fully saturated rings. The molecule has 0 aliphatic carbocycles. The predicted molar refractivity (Wildman–Crippen MR) is 122 cm³/mol. The van der Waals surface area contributed by atoms with Gasteiger partial charge in [-0.3, -0.25) is 9.48 Å². The van der Waals surface area contributed by atoms with Crippen LogP contribution in [0.5, 0.6) is 11.5 Å². The van der Waals surface area contributed by atoms with Gasteiger partial charge in [-0.25, -0.2) is 0 Å². The number of aryl methyl sites for hydroxylation is 2. The summed E-state index contributed by atoms with van der Waals surface area (Å²) in [5.74, 6) is 1.29. The van der Waals surface area contributed by atoms with Gasteiger partial charge in [0.1, 0.15) is 23.8 Å². The first-order valence-corrected chi connectivity index (χ1v) is 10.4. The smallest absolute Gasteiger partial charge is 0.244 e. The summed E-state index contributed by atoms with van der Waals surface area (Å²) in [6, 6.07) is 13.6. The highest BCUT2D eigenvalue weighted by atomic mass is 35.5. The highest BCUT2D eigenvalue weighted by Gasteiger charge is 2.08. The number of carbonyl (C=O) groups is 1. The standard InChI is InChI=1S/C24H26ClN3O3/c1-4-28-15-21(25)22(27-28)14-26-24(29)12-8-18-7-11-23(30-3)19(13-18)16-31-20-9-5-17(2)6-10-20/h5-13,15H,4,14,16H2,1-3H3,(H,26,29)/b12-8+. The van der Waals surface area contributed by atoms with Crippen LogP contribution in [-0.2, 0) is 24.5 Å². The molecular formula is C24H26ClN3O3. The van der Waals surface area contributed by atoms with E-state index in [1.54, 1.807) is 24.1 Å². The van der Waals surface area contributed by atoms with Gasteiger partial charge in [0, 0.05) is 24.4 Å². The van der Waals surface area contributed by atoms with Crippen LogP contribution in [-0.4, -0.2) is 22.8 Å². The number of nitrogens with zero attached hydrogens (tertiary/aromatic N) is 2. The molecule has 0 saturated heterocycles. The van der Waals surface area contributed by atoms with Crippen molar-refractivity contribution in [1.29, 1.82) is 0 Å². The minimum atomic E-state index is -0.226. The second-order valence-corrected chi connectivity index (χ2v) is 7.41. The zero-order valence-corrected chi connectivity index (χ0v) is 18.6. The first-order chi connectivity index (χ1) is 15.0. The molecule has 3 aromatic rings. The van der Waals surface area contributed by atoms with Crippen LogP contribution >= 0.6 is 11.6 Å². The highest BCUT2D eigenvalue weighted by molar-refractivity contribution is 6.31. The Kier molecular flexibility index (Phi) is 7.73. The lowest BCUT2D eigenvalue weighted by Crippen LogP contribution is -2.20. The number of ether oxygens (including phenoxy) is 2. The fourth-order valence-corrected chi connectivity index (χ4v) is 3.15. The first-order valence-electron chi connectivity index (χ1n) is 10.0. The summed E-state index contributed by atoms with van der Waals surface area (Å²) in [5.41, 5.74) is 3.58. The molecule has 0 bridgehead atoms. The van der Waals surface area contributed by atoms with E-state index in [1.807, 2.05) is 56.3 Å². The number of carbonyl (C=O) groups excluding carboxylic acids is 1. The fourth-order valence-electron chi connectivity index (χ4n) is 2.93. The lowest BCUT2D eigenvalue weighted by atomic mass is 10.1.